The van der Waals surface area contributed by atoms with Gasteiger partial charge in [0.2, 0.25) is 0 Å². The maximum atomic E-state index is 11.0. The van der Waals surface area contributed by atoms with Gasteiger partial charge in [0, 0.05) is 16.9 Å². The van der Waals surface area contributed by atoms with Crippen molar-refractivity contribution in [1.29, 1.82) is 0 Å². The van der Waals surface area contributed by atoms with E-state index in [1.807, 2.05) is 0 Å². The summed E-state index contributed by atoms with van der Waals surface area (Å²) in [6.07, 6.45) is 3.14. The molecule has 13 heavy (non-hydrogen) atoms. The molecule has 0 aromatic rings. The summed E-state index contributed by atoms with van der Waals surface area (Å²) >= 11 is 0. The molecule has 0 bridgehead atoms. The van der Waals surface area contributed by atoms with Crippen molar-refractivity contribution in [3.8, 4) is 0 Å². The van der Waals surface area contributed by atoms with Crippen LogP contribution in [0.25, 0.3) is 0 Å². The van der Waals surface area contributed by atoms with E-state index in [0.717, 1.165) is 19.3 Å². The van der Waals surface area contributed by atoms with Crippen LogP contribution in [-0.2, 0) is 4.74 Å². The van der Waals surface area contributed by atoms with Crippen LogP contribution in [0.2, 0.25) is 0 Å². The summed E-state index contributed by atoms with van der Waals surface area (Å²) in [7, 11) is 0. The molecule has 0 aromatic heterocycles. The van der Waals surface area contributed by atoms with Crippen LogP contribution in [0.1, 0.15) is 25.7 Å². The van der Waals surface area contributed by atoms with Gasteiger partial charge in [-0.05, 0) is 12.8 Å². The first kappa shape index (κ1) is 8.69. The molecular formula is C9H13NO3. The van der Waals surface area contributed by atoms with Crippen molar-refractivity contribution in [1.82, 2.24) is 0 Å². The third-order valence-corrected chi connectivity index (χ3v) is 3.20. The molecule has 2 fully saturated rings. The molecule has 1 saturated heterocycles. The number of nitro groups is 1. The molecule has 1 aliphatic carbocycles. The van der Waals surface area contributed by atoms with E-state index in [9.17, 15) is 10.1 Å². The van der Waals surface area contributed by atoms with Gasteiger partial charge in [0.15, 0.2) is 0 Å². The van der Waals surface area contributed by atoms with E-state index in [4.69, 9.17) is 4.74 Å². The maximum absolute atomic E-state index is 11.0. The molecule has 4 nitrogen and oxygen atoms in total. The van der Waals surface area contributed by atoms with Crippen LogP contribution in [0.4, 0.5) is 0 Å². The monoisotopic (exact) mass is 183 g/mol. The van der Waals surface area contributed by atoms with Crippen molar-refractivity contribution in [3.05, 3.63) is 22.3 Å². The highest BCUT2D eigenvalue weighted by Crippen LogP contribution is 2.42. The lowest BCUT2D eigenvalue weighted by Gasteiger charge is -2.30. The second kappa shape index (κ2) is 2.80. The highest BCUT2D eigenvalue weighted by molar-refractivity contribution is 5.22. The van der Waals surface area contributed by atoms with Gasteiger partial charge in [0.05, 0.1) is 6.61 Å². The van der Waals surface area contributed by atoms with Gasteiger partial charge in [-0.25, -0.2) is 0 Å². The summed E-state index contributed by atoms with van der Waals surface area (Å²) in [5.41, 5.74) is -0.291. The number of ether oxygens (including phenoxy) is 1. The Labute approximate surface area is 76.7 Å². The molecule has 72 valence electrons. The molecule has 2 aliphatic rings. The van der Waals surface area contributed by atoms with Gasteiger partial charge in [0.1, 0.15) is 6.10 Å². The third kappa shape index (κ3) is 1.01. The quantitative estimate of drug-likeness (QED) is 0.352. The van der Waals surface area contributed by atoms with Gasteiger partial charge in [0.25, 0.3) is 5.54 Å². The molecule has 0 spiro atoms. The molecule has 0 radical (unpaired) electrons. The zero-order valence-electron chi connectivity index (χ0n) is 7.49. The lowest BCUT2D eigenvalue weighted by atomic mass is 9.77. The van der Waals surface area contributed by atoms with E-state index < -0.39 is 5.54 Å². The van der Waals surface area contributed by atoms with Crippen molar-refractivity contribution in [2.45, 2.75) is 37.3 Å². The number of rotatable bonds is 1. The molecule has 2 rings (SSSR count). The summed E-state index contributed by atoms with van der Waals surface area (Å²) in [5.74, 6) is 0. The SMILES string of the molecule is C=C1CO[C@@H]2CCCC[C@]12[N+](=O)[O-]. The highest BCUT2D eigenvalue weighted by atomic mass is 16.6. The molecule has 0 unspecified atom stereocenters. The lowest BCUT2D eigenvalue weighted by molar-refractivity contribution is -0.568. The first-order valence-corrected chi connectivity index (χ1v) is 4.62. The lowest BCUT2D eigenvalue weighted by Crippen LogP contribution is -2.49. The van der Waals surface area contributed by atoms with E-state index in [-0.39, 0.29) is 11.0 Å². The van der Waals surface area contributed by atoms with Crippen LogP contribution in [0.15, 0.2) is 12.2 Å². The fraction of sp³-hybridized carbons (Fsp3) is 0.778. The van der Waals surface area contributed by atoms with Crippen molar-refractivity contribution in [2.24, 2.45) is 0 Å². The van der Waals surface area contributed by atoms with Crippen LogP contribution in [0, 0.1) is 10.1 Å². The zero-order valence-corrected chi connectivity index (χ0v) is 7.49. The van der Waals surface area contributed by atoms with Crippen LogP contribution in [0.5, 0.6) is 0 Å². The topological polar surface area (TPSA) is 52.4 Å². The smallest absolute Gasteiger partial charge is 0.270 e. The Hall–Kier alpha value is -0.900. The normalized spacial score (nSPS) is 38.8. The fourth-order valence-corrected chi connectivity index (χ4v) is 2.41. The summed E-state index contributed by atoms with van der Waals surface area (Å²) in [6.45, 7) is 4.13. The van der Waals surface area contributed by atoms with Gasteiger partial charge in [-0.1, -0.05) is 13.0 Å². The largest absolute Gasteiger partial charge is 0.366 e. The van der Waals surface area contributed by atoms with E-state index >= 15 is 0 Å². The van der Waals surface area contributed by atoms with E-state index in [2.05, 4.69) is 6.58 Å². The second-order valence-electron chi connectivity index (χ2n) is 3.83. The Morgan fingerprint density at radius 1 is 1.62 bits per heavy atom. The average Bonchev–Trinajstić information content (AvgIpc) is 2.46. The molecule has 2 atom stereocenters. The number of nitrogens with zero attached hydrogens (tertiary/aromatic N) is 1. The number of hydrogen-bond acceptors (Lipinski definition) is 3. The third-order valence-electron chi connectivity index (χ3n) is 3.20. The minimum absolute atomic E-state index is 0.188. The Morgan fingerprint density at radius 2 is 2.38 bits per heavy atom. The summed E-state index contributed by atoms with van der Waals surface area (Å²) in [4.78, 5) is 10.8. The predicted octanol–water partition coefficient (Wildman–Crippen LogP) is 1.53. The number of hydrogen-bond donors (Lipinski definition) is 0. The van der Waals surface area contributed by atoms with E-state index in [0.29, 0.717) is 18.6 Å². The molecular weight excluding hydrogens is 170 g/mol. The standard InChI is InChI=1S/C9H13NO3/c1-7-6-13-8-4-2-3-5-9(7,8)10(11)12/h8H,1-6H2/t8-,9+/m1/s1. The highest BCUT2D eigenvalue weighted by Gasteiger charge is 2.58. The Morgan fingerprint density at radius 3 is 3.00 bits per heavy atom. The van der Waals surface area contributed by atoms with Crippen molar-refractivity contribution >= 4 is 0 Å². The minimum atomic E-state index is -0.946. The van der Waals surface area contributed by atoms with Gasteiger partial charge in [-0.3, -0.25) is 10.1 Å². The second-order valence-corrected chi connectivity index (χ2v) is 3.83. The molecule has 1 aliphatic heterocycles. The summed E-state index contributed by atoms with van der Waals surface area (Å²) in [6, 6.07) is 0. The minimum Gasteiger partial charge on any atom is -0.366 e. The van der Waals surface area contributed by atoms with Crippen LogP contribution in [0.3, 0.4) is 0 Å². The van der Waals surface area contributed by atoms with Crippen molar-refractivity contribution < 1.29 is 9.66 Å². The Bertz CT molecular complexity index is 264. The van der Waals surface area contributed by atoms with Crippen LogP contribution < -0.4 is 0 Å². The predicted molar refractivity (Wildman–Crippen MR) is 47.1 cm³/mol. The Balaban J connectivity index is 2.36. The van der Waals surface area contributed by atoms with Gasteiger partial charge < -0.3 is 4.74 Å². The average molecular weight is 183 g/mol. The van der Waals surface area contributed by atoms with Crippen LogP contribution in [-0.4, -0.2) is 23.2 Å². The molecule has 1 saturated carbocycles. The molecule has 1 heterocycles. The van der Waals surface area contributed by atoms with E-state index in [1.165, 1.54) is 0 Å². The maximum Gasteiger partial charge on any atom is 0.270 e. The van der Waals surface area contributed by atoms with Gasteiger partial charge in [-0.15, -0.1) is 0 Å². The molecule has 0 amide bonds. The fourth-order valence-electron chi connectivity index (χ4n) is 2.41. The summed E-state index contributed by atoms with van der Waals surface area (Å²) < 4.78 is 5.39. The summed E-state index contributed by atoms with van der Waals surface area (Å²) in [5, 5.41) is 11.0. The number of fused-ring (bicyclic) bond motifs is 1. The molecule has 0 N–H and O–H groups in total. The van der Waals surface area contributed by atoms with Crippen molar-refractivity contribution in [2.75, 3.05) is 6.61 Å². The zero-order chi connectivity index (χ0) is 9.47. The van der Waals surface area contributed by atoms with Crippen molar-refractivity contribution in [3.63, 3.8) is 0 Å². The first-order chi connectivity index (χ1) is 6.18. The van der Waals surface area contributed by atoms with Gasteiger partial charge in [-0.2, -0.15) is 0 Å². The Kier molecular flexibility index (Phi) is 1.87. The van der Waals surface area contributed by atoms with E-state index in [1.54, 1.807) is 0 Å². The molecule has 0 aromatic carbocycles. The first-order valence-electron chi connectivity index (χ1n) is 4.62. The van der Waals surface area contributed by atoms with Gasteiger partial charge >= 0.3 is 0 Å². The van der Waals surface area contributed by atoms with Crippen LogP contribution >= 0.6 is 0 Å². The molecule has 4 heteroatoms.